The molecule has 0 heterocycles. The number of thioether (sulfide) groups is 1. The van der Waals surface area contributed by atoms with Gasteiger partial charge in [-0.3, -0.25) is 0 Å². The molecule has 0 bridgehead atoms. The molecule has 0 aromatic heterocycles. The fraction of sp³-hybridized carbons (Fsp3) is 0.400. The first-order valence-electron chi connectivity index (χ1n) is 8.13. The van der Waals surface area contributed by atoms with Crippen LogP contribution in [0.4, 0.5) is 5.69 Å². The van der Waals surface area contributed by atoms with Crippen LogP contribution in [-0.4, -0.2) is 19.8 Å². The van der Waals surface area contributed by atoms with Crippen molar-refractivity contribution in [3.8, 4) is 0 Å². The van der Waals surface area contributed by atoms with Crippen LogP contribution in [-0.2, 0) is 0 Å². The smallest absolute Gasteiger partial charge is 0.0363 e. The predicted octanol–water partition coefficient (Wildman–Crippen LogP) is 6.60. The molecule has 0 N–H and O–H groups in total. The molecule has 1 nitrogen and oxygen atoms in total. The zero-order valence-corrected chi connectivity index (χ0v) is 16.2. The van der Waals surface area contributed by atoms with Crippen LogP contribution in [0.1, 0.15) is 34.6 Å². The molecule has 0 spiro atoms. The molecule has 0 unspecified atom stereocenters. The summed E-state index contributed by atoms with van der Waals surface area (Å²) in [5, 5.41) is 0. The predicted molar refractivity (Wildman–Crippen MR) is 106 cm³/mol. The Labute approximate surface area is 142 Å². The average Bonchev–Trinajstić information content (AvgIpc) is 2.66. The van der Waals surface area contributed by atoms with E-state index in [1.807, 2.05) is 52.0 Å². The van der Waals surface area contributed by atoms with Gasteiger partial charge in [0.2, 0.25) is 0 Å². The molecule has 2 aromatic carbocycles. The lowest BCUT2D eigenvalue weighted by atomic mass is 10.3. The average molecular weight is 320 g/mol. The zero-order chi connectivity index (χ0) is 17.2. The number of anilines is 1. The standard InChI is InChI=1S/C9H13N.C7H8S.2C2H6/c1-3-10(2)9-7-5-4-6-8-9;1-8-7-5-3-2-4-6-7;2*1-2/h4-8H,3H2,1-2H3;2-6H,1H3;2*1-2H3. The molecule has 2 aromatic rings. The van der Waals surface area contributed by atoms with Gasteiger partial charge < -0.3 is 4.90 Å². The minimum atomic E-state index is 1.06. The summed E-state index contributed by atoms with van der Waals surface area (Å²) in [5.74, 6) is 0. The van der Waals surface area contributed by atoms with E-state index < -0.39 is 0 Å². The summed E-state index contributed by atoms with van der Waals surface area (Å²) in [4.78, 5) is 3.53. The van der Waals surface area contributed by atoms with Crippen LogP contribution >= 0.6 is 11.8 Å². The monoisotopic (exact) mass is 319 g/mol. The van der Waals surface area contributed by atoms with Crippen molar-refractivity contribution in [2.45, 2.75) is 39.5 Å². The van der Waals surface area contributed by atoms with Crippen LogP contribution in [0.25, 0.3) is 0 Å². The number of nitrogens with zero attached hydrogens (tertiary/aromatic N) is 1. The van der Waals surface area contributed by atoms with Crippen LogP contribution < -0.4 is 4.90 Å². The zero-order valence-electron chi connectivity index (χ0n) is 15.3. The van der Waals surface area contributed by atoms with E-state index in [4.69, 9.17) is 0 Å². The maximum atomic E-state index is 2.21. The molecule has 22 heavy (non-hydrogen) atoms. The van der Waals surface area contributed by atoms with Crippen molar-refractivity contribution < 1.29 is 0 Å². The van der Waals surface area contributed by atoms with Crippen LogP contribution in [0.2, 0.25) is 0 Å². The fourth-order valence-corrected chi connectivity index (χ4v) is 1.85. The Hall–Kier alpha value is -1.41. The molecule has 2 rings (SSSR count). The van der Waals surface area contributed by atoms with E-state index in [-0.39, 0.29) is 0 Å². The van der Waals surface area contributed by atoms with Crippen LogP contribution in [0.15, 0.2) is 65.6 Å². The second-order valence-corrected chi connectivity index (χ2v) is 4.75. The first-order valence-corrected chi connectivity index (χ1v) is 9.35. The lowest BCUT2D eigenvalue weighted by Gasteiger charge is -2.15. The van der Waals surface area contributed by atoms with Crippen LogP contribution in [0, 0.1) is 0 Å². The van der Waals surface area contributed by atoms with E-state index >= 15 is 0 Å². The fourth-order valence-electron chi connectivity index (χ4n) is 1.42. The highest BCUT2D eigenvalue weighted by Gasteiger charge is 1.92. The molecule has 0 aliphatic heterocycles. The van der Waals surface area contributed by atoms with Gasteiger partial charge in [-0.05, 0) is 37.4 Å². The Kier molecular flexibility index (Phi) is 18.3. The molecule has 2 heteroatoms. The van der Waals surface area contributed by atoms with E-state index in [2.05, 4.69) is 61.5 Å². The quantitative estimate of drug-likeness (QED) is 0.586. The number of benzene rings is 2. The van der Waals surface area contributed by atoms with Gasteiger partial charge in [0.1, 0.15) is 0 Å². The molecule has 124 valence electrons. The lowest BCUT2D eigenvalue weighted by molar-refractivity contribution is 0.968. The SMILES string of the molecule is CC.CC.CCN(C)c1ccccc1.CSc1ccccc1. The maximum absolute atomic E-state index is 2.21. The first kappa shape index (κ1) is 22.9. The molecular weight excluding hydrogens is 286 g/mol. The van der Waals surface area contributed by atoms with Gasteiger partial charge >= 0.3 is 0 Å². The van der Waals surface area contributed by atoms with Gasteiger partial charge in [-0.2, -0.15) is 0 Å². The van der Waals surface area contributed by atoms with Gasteiger partial charge in [-0.25, -0.2) is 0 Å². The molecule has 0 aliphatic carbocycles. The summed E-state index contributed by atoms with van der Waals surface area (Å²) in [7, 11) is 2.09. The second-order valence-electron chi connectivity index (χ2n) is 3.87. The third kappa shape index (κ3) is 11.3. The van der Waals surface area contributed by atoms with Crippen LogP contribution in [0.5, 0.6) is 0 Å². The Bertz CT molecular complexity index is 414. The van der Waals surface area contributed by atoms with E-state index in [0.29, 0.717) is 0 Å². The van der Waals surface area contributed by atoms with Crippen molar-refractivity contribution in [2.75, 3.05) is 24.7 Å². The van der Waals surface area contributed by atoms with E-state index in [0.717, 1.165) is 6.54 Å². The highest BCUT2D eigenvalue weighted by molar-refractivity contribution is 7.98. The maximum Gasteiger partial charge on any atom is 0.0363 e. The van der Waals surface area contributed by atoms with Gasteiger partial charge in [-0.15, -0.1) is 11.8 Å². The van der Waals surface area contributed by atoms with Crippen molar-refractivity contribution in [1.82, 2.24) is 0 Å². The Morgan fingerprint density at radius 3 is 1.50 bits per heavy atom. The third-order valence-electron chi connectivity index (χ3n) is 2.65. The second kappa shape index (κ2) is 17.6. The normalized spacial score (nSPS) is 8.14. The lowest BCUT2D eigenvalue weighted by Crippen LogP contribution is -2.15. The van der Waals surface area contributed by atoms with Gasteiger partial charge in [0.15, 0.2) is 0 Å². The van der Waals surface area contributed by atoms with Crippen molar-refractivity contribution in [1.29, 1.82) is 0 Å². The number of hydrogen-bond donors (Lipinski definition) is 0. The summed E-state index contributed by atoms with van der Waals surface area (Å²) < 4.78 is 0. The number of rotatable bonds is 3. The van der Waals surface area contributed by atoms with Crippen molar-refractivity contribution >= 4 is 17.4 Å². The van der Waals surface area contributed by atoms with Crippen molar-refractivity contribution in [3.05, 3.63) is 60.7 Å². The third-order valence-corrected chi connectivity index (χ3v) is 3.39. The van der Waals surface area contributed by atoms with Crippen molar-refractivity contribution in [3.63, 3.8) is 0 Å². The molecule has 0 atom stereocenters. The van der Waals surface area contributed by atoms with Gasteiger partial charge in [0.05, 0.1) is 0 Å². The van der Waals surface area contributed by atoms with Gasteiger partial charge in [0.25, 0.3) is 0 Å². The number of hydrogen-bond acceptors (Lipinski definition) is 2. The van der Waals surface area contributed by atoms with Crippen LogP contribution in [0.3, 0.4) is 0 Å². The van der Waals surface area contributed by atoms with E-state index in [1.165, 1.54) is 10.6 Å². The Morgan fingerprint density at radius 1 is 0.773 bits per heavy atom. The largest absolute Gasteiger partial charge is 0.375 e. The Balaban J connectivity index is 0. The molecular formula is C20H33NS. The summed E-state index contributed by atoms with van der Waals surface area (Å²) in [6.45, 7) is 11.2. The summed E-state index contributed by atoms with van der Waals surface area (Å²) in [6, 6.07) is 20.7. The molecule has 0 aliphatic rings. The Morgan fingerprint density at radius 2 is 1.18 bits per heavy atom. The minimum absolute atomic E-state index is 1.06. The summed E-state index contributed by atoms with van der Waals surface area (Å²) >= 11 is 1.77. The van der Waals surface area contributed by atoms with Gasteiger partial charge in [0, 0.05) is 24.2 Å². The van der Waals surface area contributed by atoms with E-state index in [1.54, 1.807) is 11.8 Å². The highest BCUT2D eigenvalue weighted by Crippen LogP contribution is 2.11. The van der Waals surface area contributed by atoms with Crippen molar-refractivity contribution in [2.24, 2.45) is 0 Å². The first-order chi connectivity index (χ1) is 10.8. The number of para-hydroxylation sites is 1. The minimum Gasteiger partial charge on any atom is -0.375 e. The summed E-state index contributed by atoms with van der Waals surface area (Å²) in [5.41, 5.74) is 1.28. The van der Waals surface area contributed by atoms with E-state index in [9.17, 15) is 0 Å². The topological polar surface area (TPSA) is 3.24 Å². The molecule has 0 fully saturated rings. The highest BCUT2D eigenvalue weighted by atomic mass is 32.2. The molecule has 0 amide bonds. The molecule has 0 saturated heterocycles. The molecule has 0 radical (unpaired) electrons. The van der Waals surface area contributed by atoms with Gasteiger partial charge in [-0.1, -0.05) is 64.1 Å². The molecule has 0 saturated carbocycles. The summed E-state index contributed by atoms with van der Waals surface area (Å²) in [6.07, 6.45) is 2.08.